The van der Waals surface area contributed by atoms with Gasteiger partial charge in [0.05, 0.1) is 24.2 Å². The minimum atomic E-state index is -0.664. The van der Waals surface area contributed by atoms with Crippen molar-refractivity contribution in [1.29, 1.82) is 0 Å². The van der Waals surface area contributed by atoms with Crippen LogP contribution in [-0.4, -0.2) is 45.4 Å². The number of rotatable bonds is 9. The van der Waals surface area contributed by atoms with E-state index in [9.17, 15) is 14.4 Å². The Morgan fingerprint density at radius 3 is 2.51 bits per heavy atom. The molecule has 2 aromatic carbocycles. The minimum absolute atomic E-state index is 0.101. The van der Waals surface area contributed by atoms with Gasteiger partial charge in [0.15, 0.2) is 5.17 Å². The van der Waals surface area contributed by atoms with Crippen LogP contribution in [0.15, 0.2) is 87.4 Å². The van der Waals surface area contributed by atoms with Crippen LogP contribution in [0.25, 0.3) is 0 Å². The first kappa shape index (κ1) is 24.5. The number of amidine groups is 2. The van der Waals surface area contributed by atoms with E-state index in [2.05, 4.69) is 15.6 Å². The fraction of sp³-hybridized carbons (Fsp3) is 0.222. The molecule has 1 unspecified atom stereocenters. The molecule has 3 amide bonds. The van der Waals surface area contributed by atoms with Gasteiger partial charge in [0, 0.05) is 18.5 Å². The van der Waals surface area contributed by atoms with E-state index in [1.54, 1.807) is 23.3 Å². The third-order valence-electron chi connectivity index (χ3n) is 5.96. The van der Waals surface area contributed by atoms with Crippen molar-refractivity contribution < 1.29 is 18.8 Å². The van der Waals surface area contributed by atoms with Gasteiger partial charge in [-0.25, -0.2) is 4.99 Å². The van der Waals surface area contributed by atoms with E-state index in [4.69, 9.17) is 9.41 Å². The molecular weight excluding hydrogens is 490 g/mol. The number of nitrogens with one attached hydrogen (secondary N) is 2. The molecular formula is C27H25N5O4S. The van der Waals surface area contributed by atoms with Crippen LogP contribution >= 0.6 is 11.8 Å². The number of carbonyl (C=O) groups is 3. The fourth-order valence-electron chi connectivity index (χ4n) is 4.11. The van der Waals surface area contributed by atoms with E-state index in [1.807, 2.05) is 54.6 Å². The zero-order chi connectivity index (χ0) is 25.6. The maximum absolute atomic E-state index is 12.9. The average molecular weight is 516 g/mol. The van der Waals surface area contributed by atoms with E-state index < -0.39 is 6.04 Å². The summed E-state index contributed by atoms with van der Waals surface area (Å²) in [4.78, 5) is 48.8. The van der Waals surface area contributed by atoms with Gasteiger partial charge in [-0.1, -0.05) is 54.2 Å². The minimum Gasteiger partial charge on any atom is -0.467 e. The average Bonchev–Trinajstić information content (AvgIpc) is 3.56. The van der Waals surface area contributed by atoms with Crippen LogP contribution in [0.4, 0.5) is 5.69 Å². The molecule has 0 spiro atoms. The SMILES string of the molecule is O=C(CCC1C(=O)N=C2c3ccccc3N=C(SCC(=O)NCc3ccco3)N21)NCc1ccccc1. The lowest BCUT2D eigenvalue weighted by molar-refractivity contribution is -0.122. The van der Waals surface area contributed by atoms with E-state index in [1.165, 1.54) is 11.8 Å². The Hall–Kier alpha value is -4.18. The molecule has 9 nitrogen and oxygen atoms in total. The first-order chi connectivity index (χ1) is 18.1. The number of carbonyl (C=O) groups excluding carboxylic acids is 3. The van der Waals surface area contributed by atoms with Crippen molar-refractivity contribution in [3.8, 4) is 0 Å². The Morgan fingerprint density at radius 1 is 0.919 bits per heavy atom. The van der Waals surface area contributed by atoms with E-state index in [0.29, 0.717) is 29.0 Å². The van der Waals surface area contributed by atoms with Crippen LogP contribution in [0.2, 0.25) is 0 Å². The summed E-state index contributed by atoms with van der Waals surface area (Å²) in [6.45, 7) is 0.712. The lowest BCUT2D eigenvalue weighted by Crippen LogP contribution is -2.44. The summed E-state index contributed by atoms with van der Waals surface area (Å²) in [5.74, 6) is 0.605. The Kier molecular flexibility index (Phi) is 7.46. The number of hydrogen-bond donors (Lipinski definition) is 2. The molecule has 2 N–H and O–H groups in total. The topological polar surface area (TPSA) is 116 Å². The first-order valence-corrected chi connectivity index (χ1v) is 12.9. The summed E-state index contributed by atoms with van der Waals surface area (Å²) in [6, 6.07) is 20.0. The van der Waals surface area contributed by atoms with Crippen molar-refractivity contribution in [2.75, 3.05) is 5.75 Å². The Bertz CT molecular complexity index is 1350. The second kappa shape index (κ2) is 11.3. The van der Waals surface area contributed by atoms with Gasteiger partial charge < -0.3 is 15.1 Å². The fourth-order valence-corrected chi connectivity index (χ4v) is 4.99. The van der Waals surface area contributed by atoms with E-state index in [-0.39, 0.29) is 42.9 Å². The van der Waals surface area contributed by atoms with Crippen LogP contribution in [0, 0.1) is 0 Å². The van der Waals surface area contributed by atoms with Crippen molar-refractivity contribution in [2.45, 2.75) is 32.0 Å². The molecule has 0 fully saturated rings. The van der Waals surface area contributed by atoms with Gasteiger partial charge in [0.1, 0.15) is 17.6 Å². The van der Waals surface area contributed by atoms with Gasteiger partial charge in [-0.05, 0) is 36.2 Å². The smallest absolute Gasteiger partial charge is 0.270 e. The van der Waals surface area contributed by atoms with Crippen LogP contribution in [0.3, 0.4) is 0 Å². The zero-order valence-electron chi connectivity index (χ0n) is 19.9. The van der Waals surface area contributed by atoms with Crippen molar-refractivity contribution in [1.82, 2.24) is 15.5 Å². The van der Waals surface area contributed by atoms with E-state index in [0.717, 1.165) is 11.1 Å². The molecule has 188 valence electrons. The highest BCUT2D eigenvalue weighted by Gasteiger charge is 2.41. The van der Waals surface area contributed by atoms with Crippen LogP contribution in [0.5, 0.6) is 0 Å². The molecule has 10 heteroatoms. The van der Waals surface area contributed by atoms with Gasteiger partial charge in [0.25, 0.3) is 5.91 Å². The van der Waals surface area contributed by atoms with Crippen molar-refractivity contribution in [3.63, 3.8) is 0 Å². The summed E-state index contributed by atoms with van der Waals surface area (Å²) in [5.41, 5.74) is 2.44. The van der Waals surface area contributed by atoms with Gasteiger partial charge in [-0.2, -0.15) is 4.99 Å². The highest BCUT2D eigenvalue weighted by Crippen LogP contribution is 2.35. The third kappa shape index (κ3) is 5.80. The molecule has 2 aliphatic heterocycles. The molecule has 0 saturated carbocycles. The molecule has 2 aliphatic rings. The van der Waals surface area contributed by atoms with E-state index >= 15 is 0 Å². The van der Waals surface area contributed by atoms with Crippen molar-refractivity contribution in [3.05, 3.63) is 89.9 Å². The second-order valence-electron chi connectivity index (χ2n) is 8.52. The van der Waals surface area contributed by atoms with Gasteiger partial charge in [-0.15, -0.1) is 0 Å². The summed E-state index contributed by atoms with van der Waals surface area (Å²) in [6.07, 6.45) is 1.99. The van der Waals surface area contributed by atoms with Gasteiger partial charge in [0.2, 0.25) is 11.8 Å². The molecule has 0 radical (unpaired) electrons. The first-order valence-electron chi connectivity index (χ1n) is 11.9. The Labute approximate surface area is 218 Å². The summed E-state index contributed by atoms with van der Waals surface area (Å²) in [5, 5.41) is 6.22. The molecule has 3 heterocycles. The number of nitrogens with zero attached hydrogens (tertiary/aromatic N) is 3. The number of furan rings is 1. The molecule has 3 aromatic rings. The standard InChI is InChI=1S/C27H25N5O4S/c33-23(28-15-18-7-2-1-3-8-18)13-12-22-26(35)31-25-20-10-4-5-11-21(20)30-27(32(22)25)37-17-24(34)29-16-19-9-6-14-36-19/h1-11,14,22H,12-13,15-17H2,(H,28,33)(H,29,34). The molecule has 0 bridgehead atoms. The molecule has 1 atom stereocenters. The largest absolute Gasteiger partial charge is 0.467 e. The lowest BCUT2D eigenvalue weighted by atomic mass is 10.1. The van der Waals surface area contributed by atoms with Crippen molar-refractivity contribution in [2.24, 2.45) is 9.98 Å². The number of benzene rings is 2. The number of fused-ring (bicyclic) bond motifs is 3. The van der Waals surface area contributed by atoms with Gasteiger partial charge >= 0.3 is 0 Å². The molecule has 37 heavy (non-hydrogen) atoms. The predicted molar refractivity (Wildman–Crippen MR) is 141 cm³/mol. The highest BCUT2D eigenvalue weighted by molar-refractivity contribution is 8.14. The quantitative estimate of drug-likeness (QED) is 0.451. The maximum atomic E-state index is 12.9. The summed E-state index contributed by atoms with van der Waals surface area (Å²) in [7, 11) is 0. The number of amides is 3. The number of aliphatic imine (C=N–C) groups is 2. The molecule has 0 saturated heterocycles. The van der Waals surface area contributed by atoms with Gasteiger partial charge in [-0.3, -0.25) is 19.3 Å². The number of thioether (sulfide) groups is 1. The van der Waals surface area contributed by atoms with Crippen LogP contribution in [-0.2, 0) is 27.5 Å². The van der Waals surface area contributed by atoms with Crippen LogP contribution < -0.4 is 10.6 Å². The second-order valence-corrected chi connectivity index (χ2v) is 9.46. The predicted octanol–water partition coefficient (Wildman–Crippen LogP) is 3.38. The van der Waals surface area contributed by atoms with Crippen molar-refractivity contribution >= 4 is 46.2 Å². The third-order valence-corrected chi connectivity index (χ3v) is 6.91. The number of hydrogen-bond acceptors (Lipinski definition) is 7. The molecule has 0 aliphatic carbocycles. The molecule has 5 rings (SSSR count). The summed E-state index contributed by atoms with van der Waals surface area (Å²) < 4.78 is 5.25. The Morgan fingerprint density at radius 2 is 1.70 bits per heavy atom. The number of para-hydroxylation sites is 1. The maximum Gasteiger partial charge on any atom is 0.270 e. The lowest BCUT2D eigenvalue weighted by Gasteiger charge is -2.31. The normalized spacial score (nSPS) is 15.9. The van der Waals surface area contributed by atoms with Crippen LogP contribution in [0.1, 0.15) is 29.7 Å². The highest BCUT2D eigenvalue weighted by atomic mass is 32.2. The molecule has 1 aromatic heterocycles. The monoisotopic (exact) mass is 515 g/mol. The zero-order valence-corrected chi connectivity index (χ0v) is 20.7. The Balaban J connectivity index is 1.25. The summed E-state index contributed by atoms with van der Waals surface area (Å²) >= 11 is 1.23.